The second-order valence-electron chi connectivity index (χ2n) is 7.52. The molecule has 0 aliphatic carbocycles. The molecule has 1 amide bonds. The molecule has 0 aliphatic rings. The molecule has 2 aromatic rings. The number of benzene rings is 1. The van der Waals surface area contributed by atoms with Gasteiger partial charge in [0.1, 0.15) is 5.75 Å². The maximum absolute atomic E-state index is 12.4. The standard InChI is InChI=1S/C22H33N3O4/c1-14(2)13-25-16(4)18(15(3)24-25)8-9-22(26)23-12-17-10-20(28-6)21(29-7)11-19(17)27-5/h10-11,14H,8-9,12-13H2,1-7H3,(H,23,26). The summed E-state index contributed by atoms with van der Waals surface area (Å²) in [5.74, 6) is 2.34. The molecule has 0 atom stereocenters. The molecule has 1 aromatic carbocycles. The van der Waals surface area contributed by atoms with Crippen LogP contribution in [0, 0.1) is 19.8 Å². The highest BCUT2D eigenvalue weighted by atomic mass is 16.5. The number of nitrogens with zero attached hydrogens (tertiary/aromatic N) is 2. The van der Waals surface area contributed by atoms with E-state index in [4.69, 9.17) is 14.2 Å². The highest BCUT2D eigenvalue weighted by Crippen LogP contribution is 2.34. The first-order chi connectivity index (χ1) is 13.8. The summed E-state index contributed by atoms with van der Waals surface area (Å²) in [4.78, 5) is 12.4. The number of nitrogens with one attached hydrogen (secondary N) is 1. The molecule has 7 nitrogen and oxygen atoms in total. The summed E-state index contributed by atoms with van der Waals surface area (Å²) >= 11 is 0. The molecule has 0 bridgehead atoms. The maximum atomic E-state index is 12.4. The Morgan fingerprint density at radius 2 is 1.69 bits per heavy atom. The Kier molecular flexibility index (Phi) is 7.93. The molecule has 7 heteroatoms. The van der Waals surface area contributed by atoms with Gasteiger partial charge in [0.05, 0.1) is 27.0 Å². The fourth-order valence-corrected chi connectivity index (χ4v) is 3.37. The van der Waals surface area contributed by atoms with Crippen molar-refractivity contribution < 1.29 is 19.0 Å². The lowest BCUT2D eigenvalue weighted by molar-refractivity contribution is -0.121. The van der Waals surface area contributed by atoms with E-state index in [1.807, 2.05) is 17.7 Å². The number of aryl methyl sites for hydroxylation is 1. The Labute approximate surface area is 173 Å². The molecule has 29 heavy (non-hydrogen) atoms. The van der Waals surface area contributed by atoms with Crippen LogP contribution in [0.3, 0.4) is 0 Å². The van der Waals surface area contributed by atoms with Gasteiger partial charge >= 0.3 is 0 Å². The van der Waals surface area contributed by atoms with Gasteiger partial charge in [-0.15, -0.1) is 0 Å². The first kappa shape index (κ1) is 22.6. The predicted octanol–water partition coefficient (Wildman–Crippen LogP) is 3.43. The van der Waals surface area contributed by atoms with Gasteiger partial charge in [0, 0.05) is 36.8 Å². The van der Waals surface area contributed by atoms with E-state index in [0.717, 1.165) is 29.1 Å². The first-order valence-electron chi connectivity index (χ1n) is 9.89. The van der Waals surface area contributed by atoms with Crippen molar-refractivity contribution in [3.8, 4) is 17.2 Å². The van der Waals surface area contributed by atoms with E-state index >= 15 is 0 Å². The van der Waals surface area contributed by atoms with Crippen molar-refractivity contribution in [3.63, 3.8) is 0 Å². The molecule has 0 saturated heterocycles. The lowest BCUT2D eigenvalue weighted by Gasteiger charge is -2.14. The minimum atomic E-state index is -0.0164. The number of carbonyl (C=O) groups is 1. The van der Waals surface area contributed by atoms with E-state index < -0.39 is 0 Å². The quantitative estimate of drug-likeness (QED) is 0.658. The Morgan fingerprint density at radius 1 is 1.07 bits per heavy atom. The molecule has 1 N–H and O–H groups in total. The van der Waals surface area contributed by atoms with E-state index in [2.05, 4.69) is 31.2 Å². The number of rotatable bonds is 10. The molecule has 0 unspecified atom stereocenters. The van der Waals surface area contributed by atoms with Crippen molar-refractivity contribution >= 4 is 5.91 Å². The molecule has 0 aliphatic heterocycles. The fraction of sp³-hybridized carbons (Fsp3) is 0.545. The summed E-state index contributed by atoms with van der Waals surface area (Å²) in [6.07, 6.45) is 1.08. The van der Waals surface area contributed by atoms with Gasteiger partial charge in [-0.05, 0) is 37.8 Å². The average molecular weight is 404 g/mol. The van der Waals surface area contributed by atoms with Gasteiger partial charge in [-0.3, -0.25) is 9.48 Å². The fourth-order valence-electron chi connectivity index (χ4n) is 3.37. The zero-order valence-electron chi connectivity index (χ0n) is 18.6. The summed E-state index contributed by atoms with van der Waals surface area (Å²) in [6.45, 7) is 9.67. The maximum Gasteiger partial charge on any atom is 0.220 e. The van der Waals surface area contributed by atoms with Gasteiger partial charge in [-0.1, -0.05) is 13.8 Å². The number of aromatic nitrogens is 2. The van der Waals surface area contributed by atoms with Crippen molar-refractivity contribution in [3.05, 3.63) is 34.6 Å². The van der Waals surface area contributed by atoms with E-state index in [0.29, 0.717) is 42.6 Å². The topological polar surface area (TPSA) is 74.6 Å². The molecule has 1 heterocycles. The number of methoxy groups -OCH3 is 3. The van der Waals surface area contributed by atoms with Crippen molar-refractivity contribution in [1.29, 1.82) is 0 Å². The Balaban J connectivity index is 2.00. The highest BCUT2D eigenvalue weighted by molar-refractivity contribution is 5.76. The van der Waals surface area contributed by atoms with Crippen LogP contribution >= 0.6 is 0 Å². The van der Waals surface area contributed by atoms with Gasteiger partial charge in [-0.2, -0.15) is 5.10 Å². The van der Waals surface area contributed by atoms with Gasteiger partial charge < -0.3 is 19.5 Å². The van der Waals surface area contributed by atoms with Gasteiger partial charge in [0.25, 0.3) is 0 Å². The Bertz CT molecular complexity index is 843. The minimum absolute atomic E-state index is 0.0164. The van der Waals surface area contributed by atoms with Crippen LogP contribution in [0.15, 0.2) is 12.1 Å². The largest absolute Gasteiger partial charge is 0.496 e. The third-order valence-electron chi connectivity index (χ3n) is 4.93. The Hall–Kier alpha value is -2.70. The number of hydrogen-bond acceptors (Lipinski definition) is 5. The second-order valence-corrected chi connectivity index (χ2v) is 7.52. The van der Waals surface area contributed by atoms with Gasteiger partial charge in [0.2, 0.25) is 5.91 Å². The third-order valence-corrected chi connectivity index (χ3v) is 4.93. The number of hydrogen-bond donors (Lipinski definition) is 1. The molecule has 0 fully saturated rings. The predicted molar refractivity (Wildman–Crippen MR) is 113 cm³/mol. The Morgan fingerprint density at radius 3 is 2.28 bits per heavy atom. The van der Waals surface area contributed by atoms with Gasteiger partial charge in [0.15, 0.2) is 11.5 Å². The van der Waals surface area contributed by atoms with Crippen molar-refractivity contribution in [2.24, 2.45) is 5.92 Å². The number of carbonyl (C=O) groups excluding carboxylic acids is 1. The smallest absolute Gasteiger partial charge is 0.220 e. The molecule has 1 aromatic heterocycles. The first-order valence-corrected chi connectivity index (χ1v) is 9.89. The van der Waals surface area contributed by atoms with Crippen LogP contribution in [-0.2, 0) is 24.3 Å². The molecule has 0 saturated carbocycles. The van der Waals surface area contributed by atoms with Crippen LogP contribution in [0.1, 0.15) is 42.8 Å². The minimum Gasteiger partial charge on any atom is -0.496 e. The van der Waals surface area contributed by atoms with Crippen LogP contribution in [0.25, 0.3) is 0 Å². The normalized spacial score (nSPS) is 10.9. The summed E-state index contributed by atoms with van der Waals surface area (Å²) in [5.41, 5.74) is 4.13. The van der Waals surface area contributed by atoms with Crippen molar-refractivity contribution in [2.45, 2.75) is 53.6 Å². The summed E-state index contributed by atoms with van der Waals surface area (Å²) in [6, 6.07) is 3.58. The summed E-state index contributed by atoms with van der Waals surface area (Å²) in [7, 11) is 4.75. The highest BCUT2D eigenvalue weighted by Gasteiger charge is 2.15. The SMILES string of the molecule is COc1cc(OC)c(OC)cc1CNC(=O)CCc1c(C)nn(CC(C)C)c1C. The van der Waals surface area contributed by atoms with Crippen LogP contribution in [0.4, 0.5) is 0 Å². The van der Waals surface area contributed by atoms with E-state index in [1.54, 1.807) is 27.4 Å². The van der Waals surface area contributed by atoms with Crippen LogP contribution in [-0.4, -0.2) is 37.0 Å². The van der Waals surface area contributed by atoms with Crippen molar-refractivity contribution in [2.75, 3.05) is 21.3 Å². The van der Waals surface area contributed by atoms with Crippen LogP contribution in [0.5, 0.6) is 17.2 Å². The summed E-state index contributed by atoms with van der Waals surface area (Å²) in [5, 5.41) is 7.59. The zero-order chi connectivity index (χ0) is 21.6. The van der Waals surface area contributed by atoms with Gasteiger partial charge in [-0.25, -0.2) is 0 Å². The second kappa shape index (κ2) is 10.2. The molecular formula is C22H33N3O4. The van der Waals surface area contributed by atoms with Crippen molar-refractivity contribution in [1.82, 2.24) is 15.1 Å². The summed E-state index contributed by atoms with van der Waals surface area (Å²) < 4.78 is 18.1. The van der Waals surface area contributed by atoms with E-state index in [1.165, 1.54) is 0 Å². The van der Waals surface area contributed by atoms with Crippen LogP contribution in [0.2, 0.25) is 0 Å². The molecular weight excluding hydrogens is 370 g/mol. The van der Waals surface area contributed by atoms with E-state index in [-0.39, 0.29) is 5.91 Å². The monoisotopic (exact) mass is 403 g/mol. The number of amides is 1. The van der Waals surface area contributed by atoms with E-state index in [9.17, 15) is 4.79 Å². The lowest BCUT2D eigenvalue weighted by Crippen LogP contribution is -2.23. The molecule has 0 spiro atoms. The molecule has 0 radical (unpaired) electrons. The molecule has 160 valence electrons. The molecule has 2 rings (SSSR count). The lowest BCUT2D eigenvalue weighted by atomic mass is 10.1. The van der Waals surface area contributed by atoms with Crippen LogP contribution < -0.4 is 19.5 Å². The third kappa shape index (κ3) is 5.65. The zero-order valence-corrected chi connectivity index (χ0v) is 18.6. The number of ether oxygens (including phenoxy) is 3. The average Bonchev–Trinajstić information content (AvgIpc) is 2.95.